The van der Waals surface area contributed by atoms with E-state index in [0.29, 0.717) is 34.6 Å². The van der Waals surface area contributed by atoms with Crippen LogP contribution in [-0.2, 0) is 4.79 Å². The lowest BCUT2D eigenvalue weighted by molar-refractivity contribution is -0.116. The SMILES string of the molecule is COc1cccc([C@H]2CC(=O)Nc3c2c(C)nn3-c2ccc3nnc(C)n3n2)c1OC(C)C. The predicted molar refractivity (Wildman–Crippen MR) is 121 cm³/mol. The Kier molecular flexibility index (Phi) is 4.99. The van der Waals surface area contributed by atoms with Crippen LogP contribution in [0.1, 0.15) is 48.8 Å². The lowest BCUT2D eigenvalue weighted by Crippen LogP contribution is -2.25. The number of hydrogen-bond acceptors (Lipinski definition) is 7. The van der Waals surface area contributed by atoms with Crippen molar-refractivity contribution < 1.29 is 14.3 Å². The summed E-state index contributed by atoms with van der Waals surface area (Å²) in [7, 11) is 1.61. The van der Waals surface area contributed by atoms with Crippen molar-refractivity contribution in [1.29, 1.82) is 0 Å². The number of hydrogen-bond donors (Lipinski definition) is 1. The zero-order valence-electron chi connectivity index (χ0n) is 19.2. The number of para-hydroxylation sites is 1. The van der Waals surface area contributed by atoms with Crippen molar-refractivity contribution in [2.75, 3.05) is 12.4 Å². The molecule has 1 aliphatic rings. The van der Waals surface area contributed by atoms with E-state index in [1.807, 2.05) is 58.0 Å². The van der Waals surface area contributed by atoms with Gasteiger partial charge in [0.2, 0.25) is 5.91 Å². The van der Waals surface area contributed by atoms with Gasteiger partial charge in [-0.3, -0.25) is 4.79 Å². The van der Waals surface area contributed by atoms with Crippen LogP contribution in [-0.4, -0.2) is 48.7 Å². The minimum atomic E-state index is -0.244. The summed E-state index contributed by atoms with van der Waals surface area (Å²) in [5.41, 5.74) is 3.26. The van der Waals surface area contributed by atoms with E-state index < -0.39 is 0 Å². The zero-order chi connectivity index (χ0) is 23.3. The fourth-order valence-electron chi connectivity index (χ4n) is 4.31. The first-order valence-corrected chi connectivity index (χ1v) is 10.8. The largest absolute Gasteiger partial charge is 0.493 e. The number of anilines is 1. The van der Waals surface area contributed by atoms with E-state index in [9.17, 15) is 4.79 Å². The number of aromatic nitrogens is 6. The number of carbonyl (C=O) groups is 1. The molecule has 1 amide bonds. The molecule has 33 heavy (non-hydrogen) atoms. The van der Waals surface area contributed by atoms with Crippen molar-refractivity contribution in [3.05, 3.63) is 53.0 Å². The Balaban J connectivity index is 1.68. The Morgan fingerprint density at radius 2 is 1.94 bits per heavy atom. The monoisotopic (exact) mass is 447 g/mol. The Bertz CT molecular complexity index is 1370. The number of nitrogens with one attached hydrogen (secondary N) is 1. The standard InChI is InChI=1S/C23H25N7O3/c1-12(2)33-22-15(7-6-8-17(22)32-5)16-11-20(31)24-23-21(16)13(3)27-30(23)19-10-9-18-26-25-14(4)29(18)28-19/h6-10,12,16H,11H2,1-5H3,(H,24,31)/t16-/m1/s1. The van der Waals surface area contributed by atoms with Crippen LogP contribution in [0.5, 0.6) is 11.5 Å². The third-order valence-corrected chi connectivity index (χ3v) is 5.68. The van der Waals surface area contributed by atoms with E-state index >= 15 is 0 Å². The number of carbonyl (C=O) groups excluding carboxylic acids is 1. The molecule has 10 nitrogen and oxygen atoms in total. The van der Waals surface area contributed by atoms with Gasteiger partial charge in [-0.05, 0) is 45.9 Å². The van der Waals surface area contributed by atoms with Crippen LogP contribution >= 0.6 is 0 Å². The molecule has 0 saturated heterocycles. The normalized spacial score (nSPS) is 15.6. The van der Waals surface area contributed by atoms with Crippen molar-refractivity contribution in [3.8, 4) is 17.3 Å². The lowest BCUT2D eigenvalue weighted by Gasteiger charge is -2.27. The smallest absolute Gasteiger partial charge is 0.226 e. The number of benzene rings is 1. The number of fused-ring (bicyclic) bond motifs is 2. The molecule has 0 saturated carbocycles. The summed E-state index contributed by atoms with van der Waals surface area (Å²) in [5, 5.41) is 20.5. The summed E-state index contributed by atoms with van der Waals surface area (Å²) >= 11 is 0. The Labute approximate surface area is 190 Å². The number of nitrogens with zero attached hydrogens (tertiary/aromatic N) is 6. The van der Waals surface area contributed by atoms with Crippen molar-refractivity contribution in [2.45, 2.75) is 46.1 Å². The Hall–Kier alpha value is -3.95. The van der Waals surface area contributed by atoms with Crippen LogP contribution in [0.4, 0.5) is 5.82 Å². The highest BCUT2D eigenvalue weighted by molar-refractivity contribution is 5.95. The maximum Gasteiger partial charge on any atom is 0.226 e. The number of rotatable bonds is 5. The summed E-state index contributed by atoms with van der Waals surface area (Å²) in [6, 6.07) is 9.39. The molecule has 170 valence electrons. The first-order chi connectivity index (χ1) is 15.9. The van der Waals surface area contributed by atoms with Gasteiger partial charge in [0.25, 0.3) is 0 Å². The third-order valence-electron chi connectivity index (χ3n) is 5.68. The summed E-state index contributed by atoms with van der Waals surface area (Å²) in [6.07, 6.45) is 0.224. The third kappa shape index (κ3) is 3.47. The highest BCUT2D eigenvalue weighted by atomic mass is 16.5. The molecular formula is C23H25N7O3. The molecule has 0 radical (unpaired) electrons. The zero-order valence-corrected chi connectivity index (χ0v) is 19.2. The number of ether oxygens (including phenoxy) is 2. The molecule has 4 heterocycles. The number of aryl methyl sites for hydroxylation is 2. The Morgan fingerprint density at radius 1 is 1.12 bits per heavy atom. The Morgan fingerprint density at radius 3 is 2.70 bits per heavy atom. The predicted octanol–water partition coefficient (Wildman–Crippen LogP) is 3.20. The van der Waals surface area contributed by atoms with Gasteiger partial charge in [-0.25, -0.2) is 0 Å². The molecule has 0 unspecified atom stereocenters. The molecule has 1 aromatic carbocycles. The topological polar surface area (TPSA) is 108 Å². The van der Waals surface area contributed by atoms with Gasteiger partial charge in [-0.1, -0.05) is 12.1 Å². The summed E-state index contributed by atoms with van der Waals surface area (Å²) in [6.45, 7) is 7.70. The average Bonchev–Trinajstić information content (AvgIpc) is 3.32. The van der Waals surface area contributed by atoms with Gasteiger partial charge in [0.1, 0.15) is 5.82 Å². The minimum absolute atomic E-state index is 0.0521. The summed E-state index contributed by atoms with van der Waals surface area (Å²) in [5.74, 6) is 2.75. The molecule has 1 N–H and O–H groups in total. The van der Waals surface area contributed by atoms with Crippen molar-refractivity contribution in [2.24, 2.45) is 0 Å². The fourth-order valence-corrected chi connectivity index (χ4v) is 4.31. The summed E-state index contributed by atoms with van der Waals surface area (Å²) < 4.78 is 15.0. The maximum absolute atomic E-state index is 12.8. The highest BCUT2D eigenvalue weighted by Gasteiger charge is 2.35. The van der Waals surface area contributed by atoms with Crippen LogP contribution in [0.2, 0.25) is 0 Å². The second kappa shape index (κ2) is 7.88. The van der Waals surface area contributed by atoms with E-state index in [2.05, 4.69) is 20.6 Å². The molecule has 3 aromatic heterocycles. The molecule has 0 bridgehead atoms. The lowest BCUT2D eigenvalue weighted by atomic mass is 9.85. The first-order valence-electron chi connectivity index (χ1n) is 10.8. The van der Waals surface area contributed by atoms with Crippen LogP contribution in [0, 0.1) is 13.8 Å². The van der Waals surface area contributed by atoms with E-state index in [-0.39, 0.29) is 24.3 Å². The molecule has 5 rings (SSSR count). The highest BCUT2D eigenvalue weighted by Crippen LogP contribution is 2.46. The molecular weight excluding hydrogens is 422 g/mol. The molecule has 0 aliphatic carbocycles. The van der Waals surface area contributed by atoms with Crippen molar-refractivity contribution >= 4 is 17.4 Å². The van der Waals surface area contributed by atoms with Gasteiger partial charge in [0.05, 0.1) is 18.9 Å². The average molecular weight is 447 g/mol. The fraction of sp³-hybridized carbons (Fsp3) is 0.348. The van der Waals surface area contributed by atoms with E-state index in [1.54, 1.807) is 16.3 Å². The van der Waals surface area contributed by atoms with Crippen LogP contribution in [0.15, 0.2) is 30.3 Å². The number of methoxy groups -OCH3 is 1. The second-order valence-electron chi connectivity index (χ2n) is 8.32. The summed E-state index contributed by atoms with van der Waals surface area (Å²) in [4.78, 5) is 12.8. The van der Waals surface area contributed by atoms with Gasteiger partial charge in [-0.2, -0.15) is 14.3 Å². The quantitative estimate of drug-likeness (QED) is 0.500. The van der Waals surface area contributed by atoms with Gasteiger partial charge >= 0.3 is 0 Å². The van der Waals surface area contributed by atoms with Gasteiger partial charge in [-0.15, -0.1) is 15.3 Å². The second-order valence-corrected chi connectivity index (χ2v) is 8.32. The van der Waals surface area contributed by atoms with Crippen molar-refractivity contribution in [3.63, 3.8) is 0 Å². The van der Waals surface area contributed by atoms with E-state index in [1.165, 1.54) is 0 Å². The molecule has 0 spiro atoms. The maximum atomic E-state index is 12.8. The van der Waals surface area contributed by atoms with E-state index in [0.717, 1.165) is 16.8 Å². The van der Waals surface area contributed by atoms with Crippen LogP contribution < -0.4 is 14.8 Å². The number of amides is 1. The van der Waals surface area contributed by atoms with E-state index in [4.69, 9.17) is 14.6 Å². The molecule has 1 atom stereocenters. The molecule has 4 aromatic rings. The first kappa shape index (κ1) is 20.9. The van der Waals surface area contributed by atoms with Crippen molar-refractivity contribution in [1.82, 2.24) is 29.6 Å². The van der Waals surface area contributed by atoms with Crippen LogP contribution in [0.25, 0.3) is 11.5 Å². The van der Waals surface area contributed by atoms with Gasteiger partial charge in [0.15, 0.2) is 28.8 Å². The molecule has 10 heteroatoms. The van der Waals surface area contributed by atoms with Crippen LogP contribution in [0.3, 0.4) is 0 Å². The molecule has 1 aliphatic heterocycles. The van der Waals surface area contributed by atoms with Gasteiger partial charge < -0.3 is 14.8 Å². The van der Waals surface area contributed by atoms with Gasteiger partial charge in [0, 0.05) is 23.5 Å². The molecule has 0 fully saturated rings. The minimum Gasteiger partial charge on any atom is -0.493 e.